The fourth-order valence-electron chi connectivity index (χ4n) is 1.48. The zero-order chi connectivity index (χ0) is 10.8. The molecule has 0 amide bonds. The van der Waals surface area contributed by atoms with Gasteiger partial charge in [-0.3, -0.25) is 0 Å². The quantitative estimate of drug-likeness (QED) is 0.683. The van der Waals surface area contributed by atoms with Crippen LogP contribution in [0.3, 0.4) is 0 Å². The van der Waals surface area contributed by atoms with E-state index in [4.69, 9.17) is 0 Å². The van der Waals surface area contributed by atoms with Gasteiger partial charge in [0.15, 0.2) is 5.82 Å². The first-order valence-electron chi connectivity index (χ1n) is 4.83. The van der Waals surface area contributed by atoms with E-state index in [9.17, 15) is 0 Å². The third-order valence-corrected chi connectivity index (χ3v) is 2.63. The van der Waals surface area contributed by atoms with Gasteiger partial charge in [0, 0.05) is 11.8 Å². The van der Waals surface area contributed by atoms with Crippen LogP contribution in [0.1, 0.15) is 11.1 Å². The molecule has 0 N–H and O–H groups in total. The Hall–Kier alpha value is -1.27. The Kier molecular flexibility index (Phi) is 2.79. The SMILES string of the molecule is Cc1ccc(C)c(-c2nccc(P)n2)c1. The van der Waals surface area contributed by atoms with Crippen molar-refractivity contribution in [2.45, 2.75) is 13.8 Å². The minimum Gasteiger partial charge on any atom is -0.237 e. The number of benzene rings is 1. The molecule has 0 radical (unpaired) electrons. The largest absolute Gasteiger partial charge is 0.237 e. The monoisotopic (exact) mass is 216 g/mol. The van der Waals surface area contributed by atoms with Gasteiger partial charge < -0.3 is 0 Å². The van der Waals surface area contributed by atoms with Crippen molar-refractivity contribution in [3.63, 3.8) is 0 Å². The highest BCUT2D eigenvalue weighted by Gasteiger charge is 2.04. The Morgan fingerprint density at radius 1 is 1.13 bits per heavy atom. The fourth-order valence-corrected chi connectivity index (χ4v) is 1.69. The van der Waals surface area contributed by atoms with Crippen LogP contribution in [-0.2, 0) is 0 Å². The molecule has 0 aliphatic carbocycles. The topological polar surface area (TPSA) is 25.8 Å². The van der Waals surface area contributed by atoms with Gasteiger partial charge in [-0.25, -0.2) is 9.97 Å². The van der Waals surface area contributed by atoms with Crippen molar-refractivity contribution in [1.29, 1.82) is 0 Å². The summed E-state index contributed by atoms with van der Waals surface area (Å²) in [4.78, 5) is 8.68. The second kappa shape index (κ2) is 4.08. The number of aryl methyl sites for hydroxylation is 2. The zero-order valence-electron chi connectivity index (χ0n) is 8.86. The van der Waals surface area contributed by atoms with Crippen molar-refractivity contribution in [2.24, 2.45) is 0 Å². The molecule has 1 atom stereocenters. The van der Waals surface area contributed by atoms with Gasteiger partial charge in [0.25, 0.3) is 0 Å². The lowest BCUT2D eigenvalue weighted by Gasteiger charge is -2.05. The normalized spacial score (nSPS) is 10.3. The molecule has 1 heterocycles. The van der Waals surface area contributed by atoms with E-state index in [0.717, 1.165) is 16.8 Å². The Bertz CT molecular complexity index is 495. The van der Waals surface area contributed by atoms with Gasteiger partial charge in [0.05, 0.1) is 5.44 Å². The van der Waals surface area contributed by atoms with Crippen molar-refractivity contribution < 1.29 is 0 Å². The van der Waals surface area contributed by atoms with E-state index < -0.39 is 0 Å². The average molecular weight is 216 g/mol. The maximum absolute atomic E-state index is 4.40. The van der Waals surface area contributed by atoms with E-state index in [0.29, 0.717) is 0 Å². The number of nitrogens with zero attached hydrogens (tertiary/aromatic N) is 2. The van der Waals surface area contributed by atoms with Gasteiger partial charge in [-0.2, -0.15) is 0 Å². The predicted octanol–water partition coefficient (Wildman–Crippen LogP) is 2.26. The van der Waals surface area contributed by atoms with E-state index in [1.165, 1.54) is 11.1 Å². The number of hydrogen-bond acceptors (Lipinski definition) is 2. The second-order valence-corrected chi connectivity index (χ2v) is 4.22. The summed E-state index contributed by atoms with van der Waals surface area (Å²) in [5.74, 6) is 0.795. The molecular weight excluding hydrogens is 203 g/mol. The van der Waals surface area contributed by atoms with E-state index in [2.05, 4.69) is 51.3 Å². The summed E-state index contributed by atoms with van der Waals surface area (Å²) >= 11 is 0. The molecule has 0 bridgehead atoms. The summed E-state index contributed by atoms with van der Waals surface area (Å²) in [6, 6.07) is 8.20. The molecule has 0 spiro atoms. The summed E-state index contributed by atoms with van der Waals surface area (Å²) in [6.07, 6.45) is 1.78. The van der Waals surface area contributed by atoms with Crippen LogP contribution >= 0.6 is 9.24 Å². The lowest BCUT2D eigenvalue weighted by atomic mass is 10.1. The third-order valence-electron chi connectivity index (χ3n) is 2.31. The maximum atomic E-state index is 4.40. The Balaban J connectivity index is 2.58. The Morgan fingerprint density at radius 2 is 1.93 bits per heavy atom. The Labute approximate surface area is 92.0 Å². The van der Waals surface area contributed by atoms with Crippen molar-refractivity contribution in [3.05, 3.63) is 41.6 Å². The van der Waals surface area contributed by atoms with Crippen molar-refractivity contribution in [1.82, 2.24) is 9.97 Å². The van der Waals surface area contributed by atoms with Crippen LogP contribution in [0.5, 0.6) is 0 Å². The van der Waals surface area contributed by atoms with Gasteiger partial charge in [-0.1, -0.05) is 26.9 Å². The van der Waals surface area contributed by atoms with Crippen LogP contribution in [-0.4, -0.2) is 9.97 Å². The van der Waals surface area contributed by atoms with Crippen molar-refractivity contribution in [3.8, 4) is 11.4 Å². The average Bonchev–Trinajstić information content (AvgIpc) is 2.22. The molecule has 2 nitrogen and oxygen atoms in total. The zero-order valence-corrected chi connectivity index (χ0v) is 10.0. The molecule has 0 aliphatic rings. The summed E-state index contributed by atoms with van der Waals surface area (Å²) in [6.45, 7) is 4.15. The summed E-state index contributed by atoms with van der Waals surface area (Å²) in [7, 11) is 2.59. The first-order valence-corrected chi connectivity index (χ1v) is 5.41. The fraction of sp³-hybridized carbons (Fsp3) is 0.167. The lowest BCUT2D eigenvalue weighted by molar-refractivity contribution is 1.19. The molecule has 76 valence electrons. The summed E-state index contributed by atoms with van der Waals surface area (Å²) < 4.78 is 0. The molecule has 0 aliphatic heterocycles. The molecular formula is C12H13N2P. The molecule has 3 heteroatoms. The van der Waals surface area contributed by atoms with Crippen LogP contribution < -0.4 is 5.44 Å². The molecule has 15 heavy (non-hydrogen) atoms. The smallest absolute Gasteiger partial charge is 0.160 e. The minimum atomic E-state index is 0.795. The molecule has 1 unspecified atom stereocenters. The number of aromatic nitrogens is 2. The van der Waals surface area contributed by atoms with E-state index >= 15 is 0 Å². The minimum absolute atomic E-state index is 0.795. The van der Waals surface area contributed by atoms with Crippen molar-refractivity contribution >= 4 is 14.7 Å². The standard InChI is InChI=1S/C12H13N2P/c1-8-3-4-9(2)10(7-8)12-13-6-5-11(15)14-12/h3-7H,15H2,1-2H3. The van der Waals surface area contributed by atoms with Crippen LogP contribution in [0.25, 0.3) is 11.4 Å². The van der Waals surface area contributed by atoms with E-state index in [-0.39, 0.29) is 0 Å². The molecule has 0 saturated heterocycles. The first kappa shape index (κ1) is 10.3. The van der Waals surface area contributed by atoms with Crippen LogP contribution in [0.15, 0.2) is 30.5 Å². The van der Waals surface area contributed by atoms with Gasteiger partial charge in [-0.05, 0) is 31.5 Å². The van der Waals surface area contributed by atoms with Crippen LogP contribution in [0, 0.1) is 13.8 Å². The third kappa shape index (κ3) is 2.21. The highest BCUT2D eigenvalue weighted by Crippen LogP contribution is 2.20. The van der Waals surface area contributed by atoms with Crippen LogP contribution in [0.2, 0.25) is 0 Å². The number of rotatable bonds is 1. The highest BCUT2D eigenvalue weighted by molar-refractivity contribution is 7.26. The van der Waals surface area contributed by atoms with Crippen molar-refractivity contribution in [2.75, 3.05) is 0 Å². The Morgan fingerprint density at radius 3 is 2.67 bits per heavy atom. The molecule has 0 fully saturated rings. The second-order valence-electron chi connectivity index (χ2n) is 3.62. The van der Waals surface area contributed by atoms with E-state index in [1.807, 2.05) is 6.07 Å². The highest BCUT2D eigenvalue weighted by atomic mass is 31.0. The molecule has 0 saturated carbocycles. The predicted molar refractivity (Wildman–Crippen MR) is 66.3 cm³/mol. The lowest BCUT2D eigenvalue weighted by Crippen LogP contribution is -2.01. The molecule has 2 rings (SSSR count). The molecule has 1 aromatic heterocycles. The summed E-state index contributed by atoms with van der Waals surface area (Å²) in [5.41, 5.74) is 4.46. The van der Waals surface area contributed by atoms with Gasteiger partial charge in [0.1, 0.15) is 0 Å². The first-order chi connectivity index (χ1) is 7.16. The van der Waals surface area contributed by atoms with Gasteiger partial charge in [0.2, 0.25) is 0 Å². The molecule has 2 aromatic rings. The molecule has 1 aromatic carbocycles. The van der Waals surface area contributed by atoms with E-state index in [1.54, 1.807) is 6.20 Å². The number of hydrogen-bond donors (Lipinski definition) is 0. The van der Waals surface area contributed by atoms with Crippen LogP contribution in [0.4, 0.5) is 0 Å². The summed E-state index contributed by atoms with van der Waals surface area (Å²) in [5, 5.41) is 0. The maximum Gasteiger partial charge on any atom is 0.160 e. The van der Waals surface area contributed by atoms with Gasteiger partial charge >= 0.3 is 0 Å². The van der Waals surface area contributed by atoms with Gasteiger partial charge in [-0.15, -0.1) is 0 Å².